The second kappa shape index (κ2) is 23.9. The van der Waals surface area contributed by atoms with Gasteiger partial charge in [-0.25, -0.2) is 9.59 Å². The first-order valence-electron chi connectivity index (χ1n) is 18.9. The zero-order valence-electron chi connectivity index (χ0n) is 32.5. The first kappa shape index (κ1) is 44.6. The third kappa shape index (κ3) is 14.4. The van der Waals surface area contributed by atoms with Crippen LogP contribution >= 0.6 is 0 Å². The van der Waals surface area contributed by atoms with Gasteiger partial charge in [-0.1, -0.05) is 36.4 Å². The number of hydrogen-bond acceptors (Lipinski definition) is 11. The number of phenols is 1. The molecule has 0 spiro atoms. The minimum absolute atomic E-state index is 0.158. The molecule has 13 nitrogen and oxygen atoms in total. The van der Waals surface area contributed by atoms with E-state index in [1.165, 1.54) is 0 Å². The van der Waals surface area contributed by atoms with Crippen LogP contribution in [0.1, 0.15) is 77.0 Å². The molecule has 2 amide bonds. The van der Waals surface area contributed by atoms with E-state index < -0.39 is 29.8 Å². The third-order valence-electron chi connectivity index (χ3n) is 8.12. The fourth-order valence-electron chi connectivity index (χ4n) is 5.98. The van der Waals surface area contributed by atoms with Crippen molar-refractivity contribution in [3.63, 3.8) is 0 Å². The fraction of sp³-hybridized carbons (Fsp3) is 0.487. The number of hydrogen-bond donors (Lipinski definition) is 3. The van der Waals surface area contributed by atoms with Crippen LogP contribution in [0.25, 0.3) is 0 Å². The van der Waals surface area contributed by atoms with Crippen LogP contribution in [0.15, 0.2) is 72.8 Å². The molecule has 54 heavy (non-hydrogen) atoms. The van der Waals surface area contributed by atoms with Crippen molar-refractivity contribution in [3.05, 3.63) is 89.5 Å². The molecule has 3 aromatic rings. The molecule has 0 aliphatic rings. The van der Waals surface area contributed by atoms with E-state index in [4.69, 9.17) is 36.0 Å². The second-order valence-electron chi connectivity index (χ2n) is 12.0. The maximum Gasteiger partial charge on any atom is 0.500 e. The number of nitrogens with one attached hydrogen (secondary N) is 2. The van der Waals surface area contributed by atoms with Gasteiger partial charge in [0.25, 0.3) is 0 Å². The van der Waals surface area contributed by atoms with Gasteiger partial charge in [0.05, 0.1) is 0 Å². The summed E-state index contributed by atoms with van der Waals surface area (Å²) in [6, 6.07) is 22.7. The minimum Gasteiger partial charge on any atom is -0.508 e. The first-order chi connectivity index (χ1) is 26.2. The highest BCUT2D eigenvalue weighted by molar-refractivity contribution is 6.61. The maximum absolute atomic E-state index is 12.6. The Morgan fingerprint density at radius 2 is 0.815 bits per heavy atom. The molecule has 0 radical (unpaired) electrons. The van der Waals surface area contributed by atoms with Crippen LogP contribution in [0.3, 0.4) is 0 Å². The Bertz CT molecular complexity index is 1390. The van der Waals surface area contributed by atoms with E-state index in [1.54, 1.807) is 36.4 Å². The Morgan fingerprint density at radius 3 is 1.11 bits per heavy atom. The molecule has 0 aliphatic carbocycles. The second-order valence-corrected chi connectivity index (χ2v) is 17.4. The predicted octanol–water partition coefficient (Wildman–Crippen LogP) is 7.63. The zero-order valence-corrected chi connectivity index (χ0v) is 34.5. The minimum atomic E-state index is -2.79. The summed E-state index contributed by atoms with van der Waals surface area (Å²) in [4.78, 5) is 25.2. The van der Waals surface area contributed by atoms with Crippen LogP contribution in [0.5, 0.6) is 17.2 Å². The molecule has 3 N–H and O–H groups in total. The average molecular weight is 787 g/mol. The van der Waals surface area contributed by atoms with Gasteiger partial charge in [-0.2, -0.15) is 0 Å². The molecule has 3 rings (SSSR count). The van der Waals surface area contributed by atoms with E-state index in [0.29, 0.717) is 89.2 Å². The molecule has 15 heteroatoms. The van der Waals surface area contributed by atoms with Gasteiger partial charge in [0, 0.05) is 70.7 Å². The van der Waals surface area contributed by atoms with Crippen molar-refractivity contribution < 1.29 is 50.7 Å². The lowest BCUT2D eigenvalue weighted by atomic mass is 9.85. The number of carbonyl (C=O) groups excluding carboxylic acids is 2. The Balaban J connectivity index is 1.61. The fourth-order valence-corrected chi connectivity index (χ4v) is 11.2. The highest BCUT2D eigenvalue weighted by Gasteiger charge is 2.40. The van der Waals surface area contributed by atoms with E-state index in [0.717, 1.165) is 16.7 Å². The van der Waals surface area contributed by atoms with Gasteiger partial charge in [-0.15, -0.1) is 0 Å². The highest BCUT2D eigenvalue weighted by atomic mass is 28.4. The summed E-state index contributed by atoms with van der Waals surface area (Å²) >= 11 is 0. The summed E-state index contributed by atoms with van der Waals surface area (Å²) in [6.45, 7) is 15.2. The Morgan fingerprint density at radius 1 is 0.519 bits per heavy atom. The largest absolute Gasteiger partial charge is 0.508 e. The molecule has 0 aromatic heterocycles. The van der Waals surface area contributed by atoms with Crippen molar-refractivity contribution in [1.82, 2.24) is 10.6 Å². The van der Waals surface area contributed by atoms with Gasteiger partial charge < -0.3 is 51.8 Å². The lowest BCUT2D eigenvalue weighted by Crippen LogP contribution is -2.46. The third-order valence-corrected chi connectivity index (χ3v) is 14.4. The van der Waals surface area contributed by atoms with Crippen LogP contribution in [0.2, 0.25) is 12.1 Å². The Kier molecular flexibility index (Phi) is 19.7. The summed E-state index contributed by atoms with van der Waals surface area (Å²) < 4.78 is 46.4. The smallest absolute Gasteiger partial charge is 0.500 e. The summed E-state index contributed by atoms with van der Waals surface area (Å²) in [5.74, 6) is 0.704. The maximum atomic E-state index is 12.6. The number of carbonyl (C=O) groups is 2. The van der Waals surface area contributed by atoms with Gasteiger partial charge >= 0.3 is 29.8 Å². The normalized spacial score (nSPS) is 11.8. The van der Waals surface area contributed by atoms with Crippen molar-refractivity contribution in [2.24, 2.45) is 0 Å². The number of ether oxygens (including phenoxy) is 2. The molecule has 0 aliphatic heterocycles. The van der Waals surface area contributed by atoms with E-state index >= 15 is 0 Å². The summed E-state index contributed by atoms with van der Waals surface area (Å²) in [7, 11) is -5.58. The molecule has 0 saturated heterocycles. The van der Waals surface area contributed by atoms with E-state index in [-0.39, 0.29) is 11.7 Å². The zero-order chi connectivity index (χ0) is 39.2. The van der Waals surface area contributed by atoms with Crippen molar-refractivity contribution in [2.75, 3.05) is 52.7 Å². The van der Waals surface area contributed by atoms with Crippen LogP contribution in [-0.4, -0.2) is 87.6 Å². The van der Waals surface area contributed by atoms with Gasteiger partial charge in [-0.05, 0) is 107 Å². The van der Waals surface area contributed by atoms with Crippen molar-refractivity contribution in [1.29, 1.82) is 0 Å². The summed E-state index contributed by atoms with van der Waals surface area (Å²) in [6.07, 6.45) is 0.101. The molecule has 0 heterocycles. The van der Waals surface area contributed by atoms with Crippen molar-refractivity contribution in [3.8, 4) is 17.2 Å². The van der Waals surface area contributed by atoms with Gasteiger partial charge in [0.1, 0.15) is 17.2 Å². The van der Waals surface area contributed by atoms with E-state index in [1.807, 2.05) is 77.9 Å². The number of rotatable bonds is 25. The quantitative estimate of drug-likeness (QED) is 0.0442. The molecule has 3 aromatic carbocycles. The Labute approximate surface area is 322 Å². The molecule has 298 valence electrons. The van der Waals surface area contributed by atoms with Crippen LogP contribution in [0.4, 0.5) is 9.59 Å². The molecule has 0 atom stereocenters. The topological polar surface area (TPSA) is 152 Å². The molecular formula is C39H58N2O11Si2. The lowest BCUT2D eigenvalue weighted by molar-refractivity contribution is 0.0700. The van der Waals surface area contributed by atoms with E-state index in [9.17, 15) is 14.7 Å². The summed E-state index contributed by atoms with van der Waals surface area (Å²) in [5, 5.41) is 15.5. The van der Waals surface area contributed by atoms with Crippen LogP contribution in [0, 0.1) is 0 Å². The predicted molar refractivity (Wildman–Crippen MR) is 210 cm³/mol. The standard InChI is InChI=1S/C39H58N2O11Si2/c1-7-45-53(46-8-2,47-9-3)29-13-27-40-38(43)51-35-23-17-32(18-24-35)37(31-15-21-34(42)22-16-31)33-19-25-36(26-20-33)52-39(44)41-28-14-30-54(48-10-4,49-11-5)50-12-6/h15-26,37,42H,7-14,27-30H2,1-6H3,(H,40,43)(H,41,44). The number of aromatic hydroxyl groups is 1. The molecular weight excluding hydrogens is 729 g/mol. The monoisotopic (exact) mass is 786 g/mol. The van der Waals surface area contributed by atoms with E-state index in [2.05, 4.69) is 10.6 Å². The molecule has 0 fully saturated rings. The van der Waals surface area contributed by atoms with Gasteiger partial charge in [0.15, 0.2) is 0 Å². The molecule has 0 unspecified atom stereocenters. The van der Waals surface area contributed by atoms with Crippen molar-refractivity contribution >= 4 is 29.8 Å². The summed E-state index contributed by atoms with van der Waals surface area (Å²) in [5.41, 5.74) is 2.78. The Hall–Kier alpha value is -3.81. The first-order valence-corrected chi connectivity index (χ1v) is 22.8. The van der Waals surface area contributed by atoms with Gasteiger partial charge in [0.2, 0.25) is 0 Å². The number of benzene rings is 3. The van der Waals surface area contributed by atoms with Crippen molar-refractivity contribution in [2.45, 2.75) is 72.4 Å². The van der Waals surface area contributed by atoms with Crippen LogP contribution in [-0.2, 0) is 26.6 Å². The number of phenolic OH excluding ortho intramolecular Hbond substituents is 1. The number of amides is 2. The SMILES string of the molecule is CCO[Si](CCCNC(=O)Oc1ccc(C(c2ccc(O)cc2)c2ccc(OC(=O)NCCC[Si](OCC)(OCC)OCC)cc2)cc1)(OCC)OCC. The van der Waals surface area contributed by atoms with Gasteiger partial charge in [-0.3, -0.25) is 0 Å². The lowest BCUT2D eigenvalue weighted by Gasteiger charge is -2.28. The molecule has 0 bridgehead atoms. The average Bonchev–Trinajstić information content (AvgIpc) is 3.15. The van der Waals surface area contributed by atoms with Crippen LogP contribution < -0.4 is 20.1 Å². The highest BCUT2D eigenvalue weighted by Crippen LogP contribution is 2.34. The molecule has 0 saturated carbocycles.